The molecule has 126 valence electrons. The Bertz CT molecular complexity index is 997. The Labute approximate surface area is 159 Å². The van der Waals surface area contributed by atoms with E-state index in [4.69, 9.17) is 11.6 Å². The molecule has 0 unspecified atom stereocenters. The molecule has 0 bridgehead atoms. The molecule has 0 amide bonds. The van der Waals surface area contributed by atoms with Gasteiger partial charge < -0.3 is 4.90 Å². The summed E-state index contributed by atoms with van der Waals surface area (Å²) in [4.78, 5) is 2.24. The highest BCUT2D eigenvalue weighted by atomic mass is 35.5. The van der Waals surface area contributed by atoms with Crippen molar-refractivity contribution >= 4 is 28.7 Å². The van der Waals surface area contributed by atoms with Crippen molar-refractivity contribution < 1.29 is 0 Å². The van der Waals surface area contributed by atoms with E-state index in [1.54, 1.807) is 0 Å². The van der Waals surface area contributed by atoms with Gasteiger partial charge in [-0.05, 0) is 42.0 Å². The third-order valence-electron chi connectivity index (χ3n) is 4.31. The van der Waals surface area contributed by atoms with Gasteiger partial charge in [-0.15, -0.1) is 0 Å². The normalized spacial score (nSPS) is 10.5. The first-order chi connectivity index (χ1) is 12.8. The smallest absolute Gasteiger partial charge is 0.0540 e. The number of rotatable bonds is 4. The largest absolute Gasteiger partial charge is 0.310 e. The van der Waals surface area contributed by atoms with Crippen LogP contribution in [0.1, 0.15) is 0 Å². The summed E-state index contributed by atoms with van der Waals surface area (Å²) in [6, 6.07) is 37.2. The van der Waals surface area contributed by atoms with Gasteiger partial charge in [0.05, 0.1) is 5.69 Å². The molecule has 26 heavy (non-hydrogen) atoms. The molecule has 0 fully saturated rings. The Morgan fingerprint density at radius 3 is 1.88 bits per heavy atom. The summed E-state index contributed by atoms with van der Waals surface area (Å²) >= 11 is 6.29. The molecule has 0 spiro atoms. The van der Waals surface area contributed by atoms with E-state index in [0.717, 1.165) is 22.1 Å². The van der Waals surface area contributed by atoms with Crippen LogP contribution in [0, 0.1) is 0 Å². The van der Waals surface area contributed by atoms with E-state index in [2.05, 4.69) is 83.8 Å². The van der Waals surface area contributed by atoms with Crippen molar-refractivity contribution in [3.05, 3.63) is 114 Å². The molecule has 4 aromatic rings. The van der Waals surface area contributed by atoms with E-state index in [1.807, 2.05) is 30.3 Å². The zero-order valence-electron chi connectivity index (χ0n) is 14.2. The van der Waals surface area contributed by atoms with Crippen LogP contribution in [0.15, 0.2) is 109 Å². The number of nitrogens with zero attached hydrogens (tertiary/aromatic N) is 1. The van der Waals surface area contributed by atoms with Gasteiger partial charge in [-0.3, -0.25) is 0 Å². The molecule has 4 aromatic carbocycles. The van der Waals surface area contributed by atoms with E-state index < -0.39 is 0 Å². The van der Waals surface area contributed by atoms with Crippen LogP contribution in [-0.4, -0.2) is 0 Å². The Balaban J connectivity index is 1.94. The van der Waals surface area contributed by atoms with Crippen LogP contribution in [0.3, 0.4) is 0 Å². The van der Waals surface area contributed by atoms with Gasteiger partial charge in [-0.25, -0.2) is 0 Å². The van der Waals surface area contributed by atoms with Crippen molar-refractivity contribution in [1.82, 2.24) is 0 Å². The van der Waals surface area contributed by atoms with E-state index in [1.165, 1.54) is 11.1 Å². The van der Waals surface area contributed by atoms with Gasteiger partial charge in [0.25, 0.3) is 0 Å². The molecule has 0 aliphatic heterocycles. The minimum absolute atomic E-state index is 0.723. The fraction of sp³-hybridized carbons (Fsp3) is 0. The first-order valence-corrected chi connectivity index (χ1v) is 8.96. The molecule has 0 aliphatic carbocycles. The van der Waals surface area contributed by atoms with Crippen molar-refractivity contribution in [1.29, 1.82) is 0 Å². The summed E-state index contributed by atoms with van der Waals surface area (Å²) in [5, 5.41) is 0.723. The Kier molecular flexibility index (Phi) is 4.72. The van der Waals surface area contributed by atoms with Crippen molar-refractivity contribution in [3.8, 4) is 11.1 Å². The zero-order chi connectivity index (χ0) is 17.8. The van der Waals surface area contributed by atoms with Crippen molar-refractivity contribution in [3.63, 3.8) is 0 Å². The molecule has 0 heterocycles. The summed E-state index contributed by atoms with van der Waals surface area (Å²) < 4.78 is 0. The molecular formula is C24H18ClN. The van der Waals surface area contributed by atoms with Crippen molar-refractivity contribution in [2.24, 2.45) is 0 Å². The SMILES string of the molecule is Clc1cccc(N(c2ccccc2)c2ccccc2-c2ccccc2)c1. The molecule has 2 heteroatoms. The van der Waals surface area contributed by atoms with Crippen LogP contribution in [0.2, 0.25) is 5.02 Å². The van der Waals surface area contributed by atoms with Gasteiger partial charge in [0.15, 0.2) is 0 Å². The molecule has 0 radical (unpaired) electrons. The fourth-order valence-electron chi connectivity index (χ4n) is 3.15. The molecule has 0 atom stereocenters. The zero-order valence-corrected chi connectivity index (χ0v) is 15.0. The van der Waals surface area contributed by atoms with E-state index in [0.29, 0.717) is 0 Å². The first kappa shape index (κ1) is 16.4. The maximum Gasteiger partial charge on any atom is 0.0540 e. The van der Waals surface area contributed by atoms with Gasteiger partial charge >= 0.3 is 0 Å². The van der Waals surface area contributed by atoms with Crippen LogP contribution in [0.25, 0.3) is 11.1 Å². The van der Waals surface area contributed by atoms with E-state index in [-0.39, 0.29) is 0 Å². The van der Waals surface area contributed by atoms with E-state index in [9.17, 15) is 0 Å². The first-order valence-electron chi connectivity index (χ1n) is 8.58. The number of hydrogen-bond donors (Lipinski definition) is 0. The summed E-state index contributed by atoms with van der Waals surface area (Å²) in [5.41, 5.74) is 5.61. The predicted octanol–water partition coefficient (Wildman–Crippen LogP) is 7.48. The number of hydrogen-bond acceptors (Lipinski definition) is 1. The minimum Gasteiger partial charge on any atom is -0.310 e. The summed E-state index contributed by atoms with van der Waals surface area (Å²) in [6.07, 6.45) is 0. The van der Waals surface area contributed by atoms with Crippen LogP contribution >= 0.6 is 11.6 Å². The van der Waals surface area contributed by atoms with Gasteiger partial charge in [0.1, 0.15) is 0 Å². The Hall–Kier alpha value is -3.03. The molecule has 0 aliphatic rings. The second-order valence-electron chi connectivity index (χ2n) is 6.03. The Morgan fingerprint density at radius 2 is 1.15 bits per heavy atom. The lowest BCUT2D eigenvalue weighted by molar-refractivity contribution is 1.28. The lowest BCUT2D eigenvalue weighted by atomic mass is 10.0. The number of para-hydroxylation sites is 2. The molecule has 0 N–H and O–H groups in total. The molecule has 1 nitrogen and oxygen atoms in total. The maximum absolute atomic E-state index is 6.29. The van der Waals surface area contributed by atoms with Gasteiger partial charge in [0, 0.05) is 22.0 Å². The van der Waals surface area contributed by atoms with Gasteiger partial charge in [-0.2, -0.15) is 0 Å². The quantitative estimate of drug-likeness (QED) is 0.367. The monoisotopic (exact) mass is 355 g/mol. The van der Waals surface area contributed by atoms with Crippen LogP contribution in [0.5, 0.6) is 0 Å². The second kappa shape index (κ2) is 7.47. The summed E-state index contributed by atoms with van der Waals surface area (Å²) in [5.74, 6) is 0. The average Bonchev–Trinajstić information content (AvgIpc) is 2.70. The molecule has 4 rings (SSSR count). The number of anilines is 3. The second-order valence-corrected chi connectivity index (χ2v) is 6.47. The molecule has 0 aromatic heterocycles. The molecule has 0 saturated heterocycles. The average molecular weight is 356 g/mol. The highest BCUT2D eigenvalue weighted by Gasteiger charge is 2.16. The standard InChI is InChI=1S/C24H18ClN/c25-20-12-9-15-22(18-20)26(21-13-5-2-6-14-21)24-17-8-7-16-23(24)19-10-3-1-4-11-19/h1-18H. The summed E-state index contributed by atoms with van der Waals surface area (Å²) in [6.45, 7) is 0. The van der Waals surface area contributed by atoms with Crippen LogP contribution < -0.4 is 4.90 Å². The van der Waals surface area contributed by atoms with Crippen molar-refractivity contribution in [2.45, 2.75) is 0 Å². The van der Waals surface area contributed by atoms with Gasteiger partial charge in [0.2, 0.25) is 0 Å². The van der Waals surface area contributed by atoms with Crippen LogP contribution in [-0.2, 0) is 0 Å². The number of benzene rings is 4. The fourth-order valence-corrected chi connectivity index (χ4v) is 3.33. The van der Waals surface area contributed by atoms with Gasteiger partial charge in [-0.1, -0.05) is 84.4 Å². The lowest BCUT2D eigenvalue weighted by Crippen LogP contribution is -2.11. The molecule has 0 saturated carbocycles. The summed E-state index contributed by atoms with van der Waals surface area (Å²) in [7, 11) is 0. The number of halogens is 1. The Morgan fingerprint density at radius 1 is 0.538 bits per heavy atom. The predicted molar refractivity (Wildman–Crippen MR) is 112 cm³/mol. The third-order valence-corrected chi connectivity index (χ3v) is 4.55. The molecular weight excluding hydrogens is 338 g/mol. The van der Waals surface area contributed by atoms with E-state index >= 15 is 0 Å². The topological polar surface area (TPSA) is 3.24 Å². The highest BCUT2D eigenvalue weighted by molar-refractivity contribution is 6.30. The maximum atomic E-state index is 6.29. The highest BCUT2D eigenvalue weighted by Crippen LogP contribution is 2.40. The van der Waals surface area contributed by atoms with Crippen LogP contribution in [0.4, 0.5) is 17.1 Å². The third kappa shape index (κ3) is 3.35. The minimum atomic E-state index is 0.723. The lowest BCUT2D eigenvalue weighted by Gasteiger charge is -2.28. The van der Waals surface area contributed by atoms with Crippen molar-refractivity contribution in [2.75, 3.05) is 4.90 Å².